The van der Waals surface area contributed by atoms with Crippen molar-refractivity contribution in [2.75, 3.05) is 6.61 Å². The molecule has 212 valence electrons. The second-order valence-corrected chi connectivity index (χ2v) is 8.72. The number of aromatic hydroxyl groups is 4. The Balaban J connectivity index is 1.85. The molecule has 3 aromatic rings. The second kappa shape index (κ2) is 11.0. The molecule has 1 aliphatic heterocycles. The molecule has 4 rings (SSSR count). The van der Waals surface area contributed by atoms with Gasteiger partial charge in [0.15, 0.2) is 29.3 Å². The van der Waals surface area contributed by atoms with Gasteiger partial charge in [-0.05, 0) is 24.3 Å². The normalized spacial score (nSPS) is 20.5. The van der Waals surface area contributed by atoms with Crippen molar-refractivity contribution in [3.05, 3.63) is 40.6 Å². The highest BCUT2D eigenvalue weighted by molar-refractivity contribution is 5.93. The van der Waals surface area contributed by atoms with Crippen LogP contribution >= 0.6 is 0 Å². The van der Waals surface area contributed by atoms with Crippen LogP contribution in [0.4, 0.5) is 0 Å². The second-order valence-electron chi connectivity index (χ2n) is 8.72. The number of rotatable bonds is 6. The van der Waals surface area contributed by atoms with E-state index in [0.717, 1.165) is 26.8 Å². The molecule has 0 amide bonds. The van der Waals surface area contributed by atoms with Crippen molar-refractivity contribution in [2.45, 2.75) is 45.4 Å². The zero-order valence-electron chi connectivity index (χ0n) is 21.3. The maximum atomic E-state index is 13.0. The Morgan fingerprint density at radius 2 is 1.45 bits per heavy atom. The molecule has 2 aromatic carbocycles. The minimum atomic E-state index is -1.63. The van der Waals surface area contributed by atoms with E-state index in [9.17, 15) is 39.6 Å². The molecule has 0 saturated carbocycles. The predicted molar refractivity (Wildman–Crippen MR) is 132 cm³/mol. The van der Waals surface area contributed by atoms with Gasteiger partial charge in [0.05, 0.1) is 6.61 Å². The van der Waals surface area contributed by atoms with E-state index in [4.69, 9.17) is 28.1 Å². The number of phenols is 3. The highest BCUT2D eigenvalue weighted by Gasteiger charge is 2.48. The highest BCUT2D eigenvalue weighted by atomic mass is 16.7. The first-order valence-corrected chi connectivity index (χ1v) is 11.7. The highest BCUT2D eigenvalue weighted by Crippen LogP contribution is 2.44. The summed E-state index contributed by atoms with van der Waals surface area (Å²) in [5, 5.41) is 40.6. The molecule has 0 aliphatic carbocycles. The van der Waals surface area contributed by atoms with Crippen LogP contribution in [-0.4, -0.2) is 69.5 Å². The zero-order chi connectivity index (χ0) is 29.3. The quantitative estimate of drug-likeness (QED) is 0.250. The van der Waals surface area contributed by atoms with Gasteiger partial charge in [0.25, 0.3) is 0 Å². The Morgan fingerprint density at radius 1 is 0.850 bits per heavy atom. The predicted octanol–water partition coefficient (Wildman–Crippen LogP) is 1.81. The Morgan fingerprint density at radius 3 is 2.05 bits per heavy atom. The minimum Gasteiger partial charge on any atom is -0.508 e. The molecule has 0 spiro atoms. The standard InChI is InChI=1S/C26H24O14/c1-10(27)36-17-9-35-26(25(38-12(3)29)23(17)37-11(2)28)40-22-16(32)8-15(31)18-19(33)20(34)21(39-24(18)22)13-4-6-14(30)7-5-13/h4-8,17,23,25-26,30-32,34H,9H2,1-3H3/t17-,23+,25?,26+/m1/s1. The molecule has 1 fully saturated rings. The topological polar surface area (TPSA) is 208 Å². The van der Waals surface area contributed by atoms with Crippen LogP contribution in [0.1, 0.15) is 20.8 Å². The number of phenolic OH excluding ortho intramolecular Hbond substituents is 3. The van der Waals surface area contributed by atoms with Crippen molar-refractivity contribution in [2.24, 2.45) is 0 Å². The minimum absolute atomic E-state index is 0.106. The average Bonchev–Trinajstić information content (AvgIpc) is 2.86. The van der Waals surface area contributed by atoms with E-state index >= 15 is 0 Å². The van der Waals surface area contributed by atoms with Crippen molar-refractivity contribution in [1.29, 1.82) is 0 Å². The van der Waals surface area contributed by atoms with Crippen LogP contribution in [0.15, 0.2) is 39.5 Å². The molecule has 1 saturated heterocycles. The van der Waals surface area contributed by atoms with Gasteiger partial charge in [-0.2, -0.15) is 0 Å². The number of ether oxygens (including phenoxy) is 5. The lowest BCUT2D eigenvalue weighted by molar-refractivity contribution is -0.259. The summed E-state index contributed by atoms with van der Waals surface area (Å²) in [4.78, 5) is 48.4. The van der Waals surface area contributed by atoms with Crippen LogP contribution < -0.4 is 10.2 Å². The van der Waals surface area contributed by atoms with Crippen LogP contribution in [0.25, 0.3) is 22.3 Å². The number of carbonyl (C=O) groups excluding carboxylic acids is 3. The van der Waals surface area contributed by atoms with Crippen molar-refractivity contribution >= 4 is 28.9 Å². The van der Waals surface area contributed by atoms with E-state index in [1.807, 2.05) is 0 Å². The van der Waals surface area contributed by atoms with Gasteiger partial charge in [-0.1, -0.05) is 0 Å². The van der Waals surface area contributed by atoms with Gasteiger partial charge >= 0.3 is 17.9 Å². The summed E-state index contributed by atoms with van der Waals surface area (Å²) in [6.45, 7) is 2.83. The third-order valence-corrected chi connectivity index (χ3v) is 5.73. The zero-order valence-corrected chi connectivity index (χ0v) is 21.3. The van der Waals surface area contributed by atoms with Crippen LogP contribution in [0, 0.1) is 0 Å². The summed E-state index contributed by atoms with van der Waals surface area (Å²) in [6, 6.07) is 5.96. The fraction of sp³-hybridized carbons (Fsp3) is 0.308. The lowest BCUT2D eigenvalue weighted by Gasteiger charge is -2.40. The van der Waals surface area contributed by atoms with Crippen LogP contribution in [-0.2, 0) is 33.3 Å². The maximum Gasteiger partial charge on any atom is 0.303 e. The summed E-state index contributed by atoms with van der Waals surface area (Å²) >= 11 is 0. The molecule has 14 heteroatoms. The Bertz CT molecular complexity index is 1520. The van der Waals surface area contributed by atoms with Crippen LogP contribution in [0.2, 0.25) is 0 Å². The van der Waals surface area contributed by atoms with Crippen molar-refractivity contribution in [1.82, 2.24) is 0 Å². The molecule has 14 nitrogen and oxygen atoms in total. The number of esters is 3. The number of hydrogen-bond donors (Lipinski definition) is 4. The van der Waals surface area contributed by atoms with Gasteiger partial charge in [-0.25, -0.2) is 0 Å². The van der Waals surface area contributed by atoms with Gasteiger partial charge in [0, 0.05) is 32.4 Å². The fourth-order valence-electron chi connectivity index (χ4n) is 4.15. The molecular formula is C26H24O14. The van der Waals surface area contributed by atoms with Gasteiger partial charge in [-0.15, -0.1) is 0 Å². The monoisotopic (exact) mass is 560 g/mol. The SMILES string of the molecule is CC(=O)OC1[C@H](Oc2c(O)cc(O)c3c(=O)c(O)c(-c4ccc(O)cc4)oc23)OC[C@@H](OC(C)=O)[C@@H]1OC(C)=O. The maximum absolute atomic E-state index is 13.0. The van der Waals surface area contributed by atoms with E-state index in [1.54, 1.807) is 0 Å². The smallest absolute Gasteiger partial charge is 0.303 e. The molecule has 1 aliphatic rings. The van der Waals surface area contributed by atoms with Gasteiger partial charge in [-0.3, -0.25) is 19.2 Å². The summed E-state index contributed by atoms with van der Waals surface area (Å²) in [7, 11) is 0. The Hall–Kier alpha value is -4.98. The first kappa shape index (κ1) is 28.0. The number of hydrogen-bond acceptors (Lipinski definition) is 14. The first-order chi connectivity index (χ1) is 18.9. The number of carbonyl (C=O) groups is 3. The lowest BCUT2D eigenvalue weighted by atomic mass is 10.0. The van der Waals surface area contributed by atoms with Crippen LogP contribution in [0.3, 0.4) is 0 Å². The van der Waals surface area contributed by atoms with Gasteiger partial charge < -0.3 is 48.5 Å². The summed E-state index contributed by atoms with van der Waals surface area (Å²) in [5.41, 5.74) is -1.46. The first-order valence-electron chi connectivity index (χ1n) is 11.7. The molecule has 40 heavy (non-hydrogen) atoms. The molecule has 0 radical (unpaired) electrons. The molecule has 4 N–H and O–H groups in total. The molecule has 1 aromatic heterocycles. The van der Waals surface area contributed by atoms with E-state index in [2.05, 4.69) is 0 Å². The van der Waals surface area contributed by atoms with E-state index in [0.29, 0.717) is 0 Å². The van der Waals surface area contributed by atoms with Crippen LogP contribution in [0.5, 0.6) is 28.7 Å². The Kier molecular flexibility index (Phi) is 7.72. The average molecular weight is 560 g/mol. The molecule has 2 heterocycles. The number of benzene rings is 2. The van der Waals surface area contributed by atoms with Gasteiger partial charge in [0.1, 0.15) is 16.9 Å². The summed E-state index contributed by atoms with van der Waals surface area (Å²) in [5.74, 6) is -5.84. The molecular weight excluding hydrogens is 536 g/mol. The molecule has 4 atom stereocenters. The van der Waals surface area contributed by atoms with E-state index in [-0.39, 0.29) is 17.1 Å². The van der Waals surface area contributed by atoms with E-state index < -0.39 is 88.5 Å². The number of fused-ring (bicyclic) bond motifs is 1. The summed E-state index contributed by atoms with van der Waals surface area (Å²) < 4.78 is 32.8. The fourth-order valence-corrected chi connectivity index (χ4v) is 4.15. The third kappa shape index (κ3) is 5.56. The van der Waals surface area contributed by atoms with Crippen molar-refractivity contribution in [3.8, 4) is 40.1 Å². The van der Waals surface area contributed by atoms with Crippen molar-refractivity contribution < 1.29 is 62.9 Å². The van der Waals surface area contributed by atoms with Gasteiger partial charge in [0.2, 0.25) is 29.3 Å². The lowest BCUT2D eigenvalue weighted by Crippen LogP contribution is -2.59. The Labute approximate surface area is 224 Å². The molecule has 1 unspecified atom stereocenters. The molecule has 0 bridgehead atoms. The van der Waals surface area contributed by atoms with E-state index in [1.165, 1.54) is 24.3 Å². The third-order valence-electron chi connectivity index (χ3n) is 5.73. The largest absolute Gasteiger partial charge is 0.508 e. The van der Waals surface area contributed by atoms with Crippen molar-refractivity contribution in [3.63, 3.8) is 0 Å². The summed E-state index contributed by atoms with van der Waals surface area (Å²) in [6.07, 6.45) is -5.79.